The molecule has 0 bridgehead atoms. The number of ketones is 4. The topological polar surface area (TPSA) is 368 Å². The third-order valence-electron chi connectivity index (χ3n) is 15.5. The number of rotatable bonds is 27. The van der Waals surface area contributed by atoms with Crippen LogP contribution in [0.1, 0.15) is 112 Å². The monoisotopic (exact) mass is 1230 g/mol. The number of carboxylic acid groups (broad SMARTS) is 2. The Kier molecular flexibility index (Phi) is 21.1. The van der Waals surface area contributed by atoms with Crippen molar-refractivity contribution in [2.45, 2.75) is 101 Å². The Morgan fingerprint density at radius 1 is 0.847 bits per heavy atom. The molecule has 1 saturated heterocycles. The first kappa shape index (κ1) is 64.0. The van der Waals surface area contributed by atoms with E-state index in [1.807, 2.05) is 24.3 Å². The highest BCUT2D eigenvalue weighted by atomic mass is 33.1. The summed E-state index contributed by atoms with van der Waals surface area (Å²) >= 11 is 1.64. The first-order valence-electron chi connectivity index (χ1n) is 27.3. The quantitative estimate of drug-likeness (QED) is 0.0197. The summed E-state index contributed by atoms with van der Waals surface area (Å²) in [5.41, 5.74) is 0.407. The summed E-state index contributed by atoms with van der Waals surface area (Å²) in [7, 11) is 3.40. The van der Waals surface area contributed by atoms with Gasteiger partial charge in [-0.3, -0.25) is 38.4 Å². The molecule has 4 aromatic rings. The van der Waals surface area contributed by atoms with Gasteiger partial charge >= 0.3 is 18.0 Å². The molecule has 0 aromatic heterocycles. The van der Waals surface area contributed by atoms with Crippen molar-refractivity contribution >= 4 is 86.3 Å². The molecule has 9 atom stereocenters. The number of carbonyl (C=O) groups excluding carboxylic acids is 7. The summed E-state index contributed by atoms with van der Waals surface area (Å²) in [5, 5.41) is 83.3. The number of phenolic OH excluding ortho intramolecular Hbond substituents is 2. The zero-order valence-electron chi connectivity index (χ0n) is 46.4. The number of phenols is 2. The number of fused-ring (bicyclic) bond motifs is 6. The van der Waals surface area contributed by atoms with Crippen molar-refractivity contribution < 1.29 is 97.8 Å². The van der Waals surface area contributed by atoms with Gasteiger partial charge < -0.3 is 70.6 Å². The van der Waals surface area contributed by atoms with Crippen LogP contribution in [0.5, 0.6) is 17.2 Å². The van der Waals surface area contributed by atoms with E-state index in [0.717, 1.165) is 27.3 Å². The number of benzene rings is 4. The van der Waals surface area contributed by atoms with Gasteiger partial charge in [-0.25, -0.2) is 4.79 Å². The van der Waals surface area contributed by atoms with Gasteiger partial charge in [-0.1, -0.05) is 89.2 Å². The highest BCUT2D eigenvalue weighted by Gasteiger charge is 2.51. The van der Waals surface area contributed by atoms with Gasteiger partial charge in [-0.15, -0.1) is 0 Å². The molecule has 0 spiro atoms. The molecular weight excluding hydrogens is 1170 g/mol. The van der Waals surface area contributed by atoms with Crippen molar-refractivity contribution in [1.82, 2.24) is 16.0 Å². The van der Waals surface area contributed by atoms with Crippen LogP contribution in [0.2, 0.25) is 0 Å². The lowest BCUT2D eigenvalue weighted by molar-refractivity contribution is -0.249. The van der Waals surface area contributed by atoms with E-state index in [4.69, 9.17) is 18.9 Å². The molecule has 0 saturated carbocycles. The van der Waals surface area contributed by atoms with Crippen LogP contribution in [-0.4, -0.2) is 175 Å². The number of ether oxygens (including phenoxy) is 4. The number of carbonyl (C=O) groups is 9. The van der Waals surface area contributed by atoms with Crippen LogP contribution in [0.15, 0.2) is 66.7 Å². The Morgan fingerprint density at radius 3 is 2.18 bits per heavy atom. The minimum absolute atomic E-state index is 0.0131. The number of aliphatic hydroxyl groups is 3. The third-order valence-corrected chi connectivity index (χ3v) is 19.0. The van der Waals surface area contributed by atoms with Crippen molar-refractivity contribution in [3.63, 3.8) is 0 Å². The van der Waals surface area contributed by atoms with Crippen LogP contribution in [0.25, 0.3) is 11.1 Å². The highest BCUT2D eigenvalue weighted by molar-refractivity contribution is 8.76. The molecule has 4 unspecified atom stereocenters. The molecule has 85 heavy (non-hydrogen) atoms. The van der Waals surface area contributed by atoms with E-state index in [2.05, 4.69) is 40.2 Å². The summed E-state index contributed by atoms with van der Waals surface area (Å²) in [6.07, 6.45) is -9.26. The number of hydrogen-bond donors (Lipinski definition) is 10. The van der Waals surface area contributed by atoms with Crippen molar-refractivity contribution in [2.24, 2.45) is 11.8 Å². The second-order valence-corrected chi connectivity index (χ2v) is 24.9. The minimum atomic E-state index is -2.43. The molecule has 454 valence electrons. The van der Waals surface area contributed by atoms with E-state index in [-0.39, 0.29) is 77.3 Å². The summed E-state index contributed by atoms with van der Waals surface area (Å²) < 4.78 is 22.8. The normalized spacial score (nSPS) is 21.4. The number of carboxylic acids is 2. The number of Topliss-reactive ketones (excluding diaryl/α,β-unsaturated/α-hetero) is 2. The summed E-state index contributed by atoms with van der Waals surface area (Å²) in [5.74, 6) is -9.73. The molecule has 3 aliphatic carbocycles. The maximum atomic E-state index is 14.0. The molecule has 4 aromatic carbocycles. The Hall–Kier alpha value is -7.04. The van der Waals surface area contributed by atoms with Gasteiger partial charge in [-0.2, -0.15) is 11.8 Å². The van der Waals surface area contributed by atoms with E-state index < -0.39 is 156 Å². The van der Waals surface area contributed by atoms with Crippen LogP contribution >= 0.6 is 33.3 Å². The van der Waals surface area contributed by atoms with Crippen LogP contribution in [0, 0.1) is 11.8 Å². The average Bonchev–Trinajstić information content (AvgIpc) is 1.35. The number of aliphatic carboxylic acids is 2. The number of nitrogens with one attached hydrogen (secondary N) is 3. The second-order valence-electron chi connectivity index (χ2n) is 21.1. The summed E-state index contributed by atoms with van der Waals surface area (Å²) in [6, 6.07) is 18.0. The van der Waals surface area contributed by atoms with Gasteiger partial charge in [0.1, 0.15) is 42.2 Å². The summed E-state index contributed by atoms with van der Waals surface area (Å²) in [4.78, 5) is 117. The molecule has 1 aliphatic heterocycles. The zero-order chi connectivity index (χ0) is 61.4. The maximum absolute atomic E-state index is 14.0. The standard InChI is InChI=1S/C59H65N3O20S3/c1-28(24-60-44(66)15-17-83-27-37-33-11-6-4-9-31(33)32-10-5-7-12-34(32)37)56(74)61-38(20-45(67)68)40(64)19-30(57(75)76)26-85-84-18-16-80-58(77)62-39-21-46(81-29(2)51(39)69)82-42-23-59(78,43(65)25-63)22-36-48(42)55(73)50-49(53(36)71)52(70)35-13-8-14-41(79-3)47(35)54(50)72/h4-14,28-30,37-39,42,46,51,63,69,71,73,78H,15-27H2,1-3H3,(H,60,66)(H,61,74)(H,62,77)(H,67,68)(H,75,76)/t28-,29?,30-,38-,39?,42-,46?,51?,59-/m0/s1. The van der Waals surface area contributed by atoms with E-state index >= 15 is 0 Å². The molecule has 0 radical (unpaired) electrons. The number of aliphatic hydroxyl groups excluding tert-OH is 2. The van der Waals surface area contributed by atoms with Crippen molar-refractivity contribution in [3.8, 4) is 28.4 Å². The van der Waals surface area contributed by atoms with Crippen molar-refractivity contribution in [1.29, 1.82) is 0 Å². The van der Waals surface area contributed by atoms with Crippen LogP contribution in [0.4, 0.5) is 4.79 Å². The number of aromatic hydroxyl groups is 2. The molecule has 1 heterocycles. The smallest absolute Gasteiger partial charge is 0.407 e. The highest BCUT2D eigenvalue weighted by Crippen LogP contribution is 2.53. The zero-order valence-corrected chi connectivity index (χ0v) is 48.9. The Labute approximate surface area is 499 Å². The maximum Gasteiger partial charge on any atom is 0.407 e. The van der Waals surface area contributed by atoms with E-state index in [9.17, 15) is 78.9 Å². The lowest BCUT2D eigenvalue weighted by Crippen LogP contribution is -2.56. The number of alkyl carbamates (subject to hydrolysis) is 1. The van der Waals surface area contributed by atoms with Gasteiger partial charge in [0.2, 0.25) is 17.6 Å². The first-order valence-corrected chi connectivity index (χ1v) is 30.9. The SMILES string of the molecule is COc1cccc2c1C(=O)c1c(O)c3c(c(O)c1C2=O)C[C@@](O)(C(=O)CO)C[C@@H]3OC1CC(NC(=O)OCCSSC[C@H](CC(=O)[C@H](CC(=O)O)NC(=O)[C@@H](C)CNC(=O)CCSCC2c3ccccc3-c3ccccc32)C(=O)O)C(O)C(C)O1. The number of hydrogen-bond acceptors (Lipinski definition) is 21. The lowest BCUT2D eigenvalue weighted by atomic mass is 9.72. The second kappa shape index (κ2) is 28.0. The van der Waals surface area contributed by atoms with E-state index in [1.54, 1.807) is 11.8 Å². The average molecular weight is 1230 g/mol. The van der Waals surface area contributed by atoms with Crippen LogP contribution in [0.3, 0.4) is 0 Å². The fraction of sp³-hybridized carbons (Fsp3) is 0.441. The van der Waals surface area contributed by atoms with Gasteiger partial charge in [0.05, 0.1) is 66.3 Å². The fourth-order valence-corrected chi connectivity index (χ4v) is 14.2. The first-order chi connectivity index (χ1) is 40.6. The lowest BCUT2D eigenvalue weighted by Gasteiger charge is -2.42. The minimum Gasteiger partial charge on any atom is -0.507 e. The van der Waals surface area contributed by atoms with Gasteiger partial charge in [0.25, 0.3) is 0 Å². The Balaban J connectivity index is 0.785. The van der Waals surface area contributed by atoms with Gasteiger partial charge in [0.15, 0.2) is 23.6 Å². The number of thioether (sulfide) groups is 1. The fourth-order valence-electron chi connectivity index (χ4n) is 11.0. The Morgan fingerprint density at radius 2 is 1.52 bits per heavy atom. The molecule has 1 fully saturated rings. The summed E-state index contributed by atoms with van der Waals surface area (Å²) in [6.45, 7) is 1.48. The predicted octanol–water partition coefficient (Wildman–Crippen LogP) is 4.46. The van der Waals surface area contributed by atoms with Gasteiger partial charge in [0, 0.05) is 84.3 Å². The molecule has 26 heteroatoms. The van der Waals surface area contributed by atoms with E-state index in [0.29, 0.717) is 5.75 Å². The molecule has 3 amide bonds. The molecular formula is C59H65N3O20S3. The Bertz CT molecular complexity index is 3220. The molecule has 8 rings (SSSR count). The van der Waals surface area contributed by atoms with Crippen LogP contribution < -0.4 is 20.7 Å². The molecule has 10 N–H and O–H groups in total. The third kappa shape index (κ3) is 14.3. The predicted molar refractivity (Wildman–Crippen MR) is 310 cm³/mol. The number of methoxy groups -OCH3 is 1. The molecule has 4 aliphatic rings. The van der Waals surface area contributed by atoms with Crippen molar-refractivity contribution in [3.05, 3.63) is 111 Å². The van der Waals surface area contributed by atoms with Gasteiger partial charge in [-0.05, 0) is 35.2 Å². The van der Waals surface area contributed by atoms with Crippen LogP contribution in [-0.2, 0) is 49.4 Å². The van der Waals surface area contributed by atoms with Crippen molar-refractivity contribution in [2.75, 3.05) is 49.9 Å². The van der Waals surface area contributed by atoms with E-state index in [1.165, 1.54) is 61.4 Å². The molecule has 23 nitrogen and oxygen atoms in total. The largest absolute Gasteiger partial charge is 0.507 e. The number of amides is 3.